The van der Waals surface area contributed by atoms with Crippen LogP contribution in [0.5, 0.6) is 0 Å². The van der Waals surface area contributed by atoms with E-state index in [1.165, 1.54) is 6.42 Å². The summed E-state index contributed by atoms with van der Waals surface area (Å²) in [6.45, 7) is 2.24. The summed E-state index contributed by atoms with van der Waals surface area (Å²) in [6.07, 6.45) is 6.39. The van der Waals surface area contributed by atoms with Gasteiger partial charge in [-0.25, -0.2) is 4.98 Å². The number of hydrogen-bond donors (Lipinski definition) is 1. The van der Waals surface area contributed by atoms with Crippen LogP contribution >= 0.6 is 0 Å². The van der Waals surface area contributed by atoms with Gasteiger partial charge in [0.05, 0.1) is 0 Å². The largest absolute Gasteiger partial charge is 0.324 e. The molecule has 0 saturated heterocycles. The lowest BCUT2D eigenvalue weighted by Crippen LogP contribution is -2.31. The van der Waals surface area contributed by atoms with Crippen LogP contribution in [-0.4, -0.2) is 14.5 Å². The summed E-state index contributed by atoms with van der Waals surface area (Å²) in [5, 5.41) is 4.12. The van der Waals surface area contributed by atoms with Crippen molar-refractivity contribution >= 4 is 22.7 Å². The second-order valence-electron chi connectivity index (χ2n) is 6.83. The molecule has 1 aliphatic rings. The van der Waals surface area contributed by atoms with E-state index in [1.807, 2.05) is 41.0 Å². The van der Waals surface area contributed by atoms with Gasteiger partial charge in [0.15, 0.2) is 0 Å². The topological polar surface area (TPSA) is 59.8 Å². The SMILES string of the molecule is CC1CCCCC1n1c(=O)ccc2cnc(Nc3ccccc3)nc21. The molecule has 1 saturated carbocycles. The van der Waals surface area contributed by atoms with Crippen LogP contribution in [0, 0.1) is 5.92 Å². The highest BCUT2D eigenvalue weighted by Crippen LogP contribution is 2.34. The molecule has 5 nitrogen and oxygen atoms in total. The molecule has 2 aromatic heterocycles. The van der Waals surface area contributed by atoms with Crippen molar-refractivity contribution in [3.63, 3.8) is 0 Å². The zero-order chi connectivity index (χ0) is 17.2. The van der Waals surface area contributed by atoms with Crippen LogP contribution in [-0.2, 0) is 0 Å². The van der Waals surface area contributed by atoms with Crippen LogP contribution in [0.1, 0.15) is 38.6 Å². The van der Waals surface area contributed by atoms with Gasteiger partial charge in [-0.15, -0.1) is 0 Å². The molecule has 0 amide bonds. The van der Waals surface area contributed by atoms with E-state index in [0.29, 0.717) is 11.9 Å². The third kappa shape index (κ3) is 3.14. The number of benzene rings is 1. The van der Waals surface area contributed by atoms with Crippen LogP contribution in [0.3, 0.4) is 0 Å². The molecule has 1 aromatic carbocycles. The Morgan fingerprint density at radius 2 is 1.88 bits per heavy atom. The smallest absolute Gasteiger partial charge is 0.252 e. The van der Waals surface area contributed by atoms with Crippen molar-refractivity contribution in [3.05, 3.63) is 59.0 Å². The Morgan fingerprint density at radius 3 is 2.68 bits per heavy atom. The normalized spacial score (nSPS) is 20.5. The van der Waals surface area contributed by atoms with Crippen molar-refractivity contribution in [1.82, 2.24) is 14.5 Å². The Morgan fingerprint density at radius 1 is 1.08 bits per heavy atom. The summed E-state index contributed by atoms with van der Waals surface area (Å²) in [4.78, 5) is 21.7. The van der Waals surface area contributed by atoms with E-state index in [0.717, 1.165) is 36.0 Å². The Labute approximate surface area is 146 Å². The van der Waals surface area contributed by atoms with Crippen LogP contribution < -0.4 is 10.9 Å². The predicted octanol–water partition coefficient (Wildman–Crippen LogP) is 4.29. The molecule has 0 aliphatic heterocycles. The summed E-state index contributed by atoms with van der Waals surface area (Å²) >= 11 is 0. The number of rotatable bonds is 3. The molecule has 4 rings (SSSR count). The Bertz CT molecular complexity index is 935. The van der Waals surface area contributed by atoms with Crippen molar-refractivity contribution in [2.75, 3.05) is 5.32 Å². The molecule has 2 atom stereocenters. The van der Waals surface area contributed by atoms with Gasteiger partial charge in [-0.2, -0.15) is 4.98 Å². The molecule has 5 heteroatoms. The lowest BCUT2D eigenvalue weighted by atomic mass is 9.85. The second-order valence-corrected chi connectivity index (χ2v) is 6.83. The number of para-hydroxylation sites is 1. The van der Waals surface area contributed by atoms with E-state index >= 15 is 0 Å². The Balaban J connectivity index is 1.80. The lowest BCUT2D eigenvalue weighted by Gasteiger charge is -2.31. The van der Waals surface area contributed by atoms with E-state index in [4.69, 9.17) is 0 Å². The zero-order valence-corrected chi connectivity index (χ0v) is 14.4. The van der Waals surface area contributed by atoms with E-state index < -0.39 is 0 Å². The van der Waals surface area contributed by atoms with Crippen molar-refractivity contribution in [1.29, 1.82) is 0 Å². The maximum Gasteiger partial charge on any atom is 0.252 e. The molecule has 1 N–H and O–H groups in total. The van der Waals surface area contributed by atoms with E-state index in [9.17, 15) is 4.79 Å². The average molecular weight is 334 g/mol. The first-order chi connectivity index (χ1) is 12.2. The first-order valence-electron chi connectivity index (χ1n) is 8.93. The number of hydrogen-bond acceptors (Lipinski definition) is 4. The van der Waals surface area contributed by atoms with Gasteiger partial charge in [-0.3, -0.25) is 9.36 Å². The predicted molar refractivity (Wildman–Crippen MR) is 100 cm³/mol. The first kappa shape index (κ1) is 15.8. The molecule has 1 fully saturated rings. The molecule has 2 unspecified atom stereocenters. The molecule has 1 aliphatic carbocycles. The molecule has 25 heavy (non-hydrogen) atoms. The highest BCUT2D eigenvalue weighted by Gasteiger charge is 2.25. The van der Waals surface area contributed by atoms with Gasteiger partial charge in [0.2, 0.25) is 5.95 Å². The lowest BCUT2D eigenvalue weighted by molar-refractivity contribution is 0.257. The van der Waals surface area contributed by atoms with Gasteiger partial charge >= 0.3 is 0 Å². The van der Waals surface area contributed by atoms with Gasteiger partial charge in [0.25, 0.3) is 5.56 Å². The van der Waals surface area contributed by atoms with Gasteiger partial charge in [0, 0.05) is 29.4 Å². The van der Waals surface area contributed by atoms with Gasteiger partial charge in [-0.05, 0) is 37.0 Å². The van der Waals surface area contributed by atoms with E-state index in [2.05, 4.69) is 22.2 Å². The summed E-state index contributed by atoms with van der Waals surface area (Å²) in [5.41, 5.74) is 1.67. The number of anilines is 2. The molecular weight excluding hydrogens is 312 g/mol. The summed E-state index contributed by atoms with van der Waals surface area (Å²) in [6, 6.07) is 13.5. The molecular formula is C20H22N4O. The number of pyridine rings is 1. The second kappa shape index (κ2) is 6.67. The Hall–Kier alpha value is -2.69. The number of nitrogens with one attached hydrogen (secondary N) is 1. The fourth-order valence-electron chi connectivity index (χ4n) is 3.75. The molecule has 0 bridgehead atoms. The monoisotopic (exact) mass is 334 g/mol. The standard InChI is InChI=1S/C20H22N4O/c1-14-7-5-6-10-17(14)24-18(25)12-11-15-13-21-20(23-19(15)24)22-16-8-3-2-4-9-16/h2-4,8-9,11-14,17H,5-7,10H2,1H3,(H,21,22,23). The zero-order valence-electron chi connectivity index (χ0n) is 14.4. The Kier molecular flexibility index (Phi) is 4.22. The number of aromatic nitrogens is 3. The first-order valence-corrected chi connectivity index (χ1v) is 8.93. The highest BCUT2D eigenvalue weighted by molar-refractivity contribution is 5.75. The fraction of sp³-hybridized carbons (Fsp3) is 0.350. The summed E-state index contributed by atoms with van der Waals surface area (Å²) < 4.78 is 1.89. The fourth-order valence-corrected chi connectivity index (χ4v) is 3.75. The van der Waals surface area contributed by atoms with Crippen molar-refractivity contribution < 1.29 is 0 Å². The third-order valence-corrected chi connectivity index (χ3v) is 5.09. The summed E-state index contributed by atoms with van der Waals surface area (Å²) in [7, 11) is 0. The molecule has 2 heterocycles. The maximum absolute atomic E-state index is 12.6. The molecule has 128 valence electrons. The molecule has 3 aromatic rings. The van der Waals surface area contributed by atoms with Crippen LogP contribution in [0.4, 0.5) is 11.6 Å². The quantitative estimate of drug-likeness (QED) is 0.776. The molecule has 0 radical (unpaired) electrons. The number of fused-ring (bicyclic) bond motifs is 1. The third-order valence-electron chi connectivity index (χ3n) is 5.09. The maximum atomic E-state index is 12.6. The van der Waals surface area contributed by atoms with E-state index in [-0.39, 0.29) is 11.6 Å². The van der Waals surface area contributed by atoms with Crippen LogP contribution in [0.15, 0.2) is 53.5 Å². The average Bonchev–Trinajstić information content (AvgIpc) is 2.63. The van der Waals surface area contributed by atoms with Crippen LogP contribution in [0.25, 0.3) is 11.0 Å². The number of nitrogens with zero attached hydrogens (tertiary/aromatic N) is 3. The van der Waals surface area contributed by atoms with Gasteiger partial charge < -0.3 is 5.32 Å². The minimum atomic E-state index is 0.0237. The van der Waals surface area contributed by atoms with Gasteiger partial charge in [-0.1, -0.05) is 38.0 Å². The minimum Gasteiger partial charge on any atom is -0.324 e. The highest BCUT2D eigenvalue weighted by atomic mass is 16.1. The van der Waals surface area contributed by atoms with Crippen molar-refractivity contribution in [2.24, 2.45) is 5.92 Å². The van der Waals surface area contributed by atoms with Crippen molar-refractivity contribution in [3.8, 4) is 0 Å². The van der Waals surface area contributed by atoms with E-state index in [1.54, 1.807) is 12.3 Å². The summed E-state index contributed by atoms with van der Waals surface area (Å²) in [5.74, 6) is 0.999. The minimum absolute atomic E-state index is 0.0237. The molecule has 0 spiro atoms. The van der Waals surface area contributed by atoms with Crippen LogP contribution in [0.2, 0.25) is 0 Å². The van der Waals surface area contributed by atoms with Gasteiger partial charge in [0.1, 0.15) is 5.65 Å². The van der Waals surface area contributed by atoms with Crippen molar-refractivity contribution in [2.45, 2.75) is 38.6 Å².